The van der Waals surface area contributed by atoms with Gasteiger partial charge in [0.1, 0.15) is 5.82 Å². The lowest BCUT2D eigenvalue weighted by molar-refractivity contribution is 0.624. The van der Waals surface area contributed by atoms with E-state index >= 15 is 0 Å². The number of nitrogens with zero attached hydrogens (tertiary/aromatic N) is 2. The van der Waals surface area contributed by atoms with Crippen molar-refractivity contribution < 1.29 is 0 Å². The molecule has 0 atom stereocenters. The van der Waals surface area contributed by atoms with Gasteiger partial charge >= 0.3 is 0 Å². The fourth-order valence-electron chi connectivity index (χ4n) is 3.95. The highest BCUT2D eigenvalue weighted by Crippen LogP contribution is 2.46. The Morgan fingerprint density at radius 2 is 1.59 bits per heavy atom. The van der Waals surface area contributed by atoms with Crippen LogP contribution >= 0.6 is 0 Å². The van der Waals surface area contributed by atoms with Crippen LogP contribution in [0.2, 0.25) is 0 Å². The molecule has 4 aromatic rings. The summed E-state index contributed by atoms with van der Waals surface area (Å²) in [6.07, 6.45) is 1.89. The van der Waals surface area contributed by atoms with Gasteiger partial charge in [-0.15, -0.1) is 0 Å². The lowest BCUT2D eigenvalue weighted by Crippen LogP contribution is -2.26. The molecule has 0 spiro atoms. The van der Waals surface area contributed by atoms with Crippen molar-refractivity contribution in [1.29, 1.82) is 0 Å². The Balaban J connectivity index is 2.15. The monoisotopic (exact) mass is 284 g/mol. The van der Waals surface area contributed by atoms with Crippen LogP contribution in [0, 0.1) is 0 Å². The van der Waals surface area contributed by atoms with Gasteiger partial charge in [0.05, 0.1) is 11.0 Å². The fourth-order valence-corrected chi connectivity index (χ4v) is 3.95. The van der Waals surface area contributed by atoms with Gasteiger partial charge in [-0.05, 0) is 17.7 Å². The molecule has 0 fully saturated rings. The van der Waals surface area contributed by atoms with E-state index in [0.29, 0.717) is 0 Å². The number of fused-ring (bicyclic) bond motifs is 5. The molecule has 0 aliphatic carbocycles. The van der Waals surface area contributed by atoms with Gasteiger partial charge in [-0.1, -0.05) is 56.3 Å². The summed E-state index contributed by atoms with van der Waals surface area (Å²) in [6, 6.07) is 19.5. The molecule has 1 aliphatic heterocycles. The minimum atomic E-state index is -0.0342. The Labute approximate surface area is 129 Å². The Morgan fingerprint density at radius 1 is 0.818 bits per heavy atom. The van der Waals surface area contributed by atoms with Crippen molar-refractivity contribution in [1.82, 2.24) is 9.55 Å². The first-order valence-electron chi connectivity index (χ1n) is 7.68. The van der Waals surface area contributed by atoms with E-state index in [1.165, 1.54) is 32.9 Å². The first kappa shape index (κ1) is 12.0. The average molecular weight is 284 g/mol. The molecule has 0 radical (unpaired) electrons. The number of hydrogen-bond donors (Lipinski definition) is 0. The molecule has 22 heavy (non-hydrogen) atoms. The van der Waals surface area contributed by atoms with E-state index in [-0.39, 0.29) is 5.41 Å². The van der Waals surface area contributed by atoms with Crippen molar-refractivity contribution in [3.8, 4) is 5.82 Å². The van der Waals surface area contributed by atoms with Crippen LogP contribution in [0.1, 0.15) is 25.0 Å². The number of aromatic nitrogens is 2. The van der Waals surface area contributed by atoms with Gasteiger partial charge in [-0.3, -0.25) is 4.57 Å². The number of hydrogen-bond acceptors (Lipinski definition) is 1. The van der Waals surface area contributed by atoms with Crippen LogP contribution in [0.5, 0.6) is 0 Å². The largest absolute Gasteiger partial charge is 0.293 e. The predicted molar refractivity (Wildman–Crippen MR) is 90.7 cm³/mol. The standard InChI is InChI=1S/C20H16N2/c1-20(2)15-9-5-8-14-13-7-3-4-11-17(13)22(18(14)15)19-16(20)10-6-12-21-19/h3-12H,1-2H3. The van der Waals surface area contributed by atoms with E-state index in [9.17, 15) is 0 Å². The molecular weight excluding hydrogens is 268 g/mol. The highest BCUT2D eigenvalue weighted by atomic mass is 15.1. The van der Waals surface area contributed by atoms with Crippen molar-refractivity contribution in [2.75, 3.05) is 0 Å². The van der Waals surface area contributed by atoms with Gasteiger partial charge in [0.25, 0.3) is 0 Å². The lowest BCUT2D eigenvalue weighted by atomic mass is 9.76. The zero-order valence-corrected chi connectivity index (χ0v) is 12.7. The normalized spacial score (nSPS) is 15.2. The first-order valence-corrected chi connectivity index (χ1v) is 7.68. The maximum absolute atomic E-state index is 4.72. The van der Waals surface area contributed by atoms with E-state index in [1.54, 1.807) is 0 Å². The third-order valence-corrected chi connectivity index (χ3v) is 5.04. The summed E-state index contributed by atoms with van der Waals surface area (Å²) in [6.45, 7) is 4.59. The van der Waals surface area contributed by atoms with Crippen molar-refractivity contribution in [2.45, 2.75) is 19.3 Å². The molecule has 2 aromatic carbocycles. The molecule has 0 saturated carbocycles. The number of benzene rings is 2. The highest BCUT2D eigenvalue weighted by molar-refractivity contribution is 6.11. The summed E-state index contributed by atoms with van der Waals surface area (Å²) in [4.78, 5) is 4.72. The molecule has 3 heterocycles. The van der Waals surface area contributed by atoms with Crippen LogP contribution in [-0.2, 0) is 5.41 Å². The summed E-state index contributed by atoms with van der Waals surface area (Å²) in [5.41, 5.74) is 5.17. The molecule has 1 aliphatic rings. The third kappa shape index (κ3) is 1.24. The SMILES string of the molecule is CC1(C)c2cccnc2-n2c3ccccc3c3cccc1c32. The number of rotatable bonds is 0. The lowest BCUT2D eigenvalue weighted by Gasteiger charge is -2.33. The van der Waals surface area contributed by atoms with Crippen LogP contribution in [0.4, 0.5) is 0 Å². The second-order valence-corrected chi connectivity index (χ2v) is 6.55. The minimum Gasteiger partial charge on any atom is -0.293 e. The van der Waals surface area contributed by atoms with Gasteiger partial charge < -0.3 is 0 Å². The molecular formula is C20H16N2. The first-order chi connectivity index (χ1) is 10.7. The molecule has 2 aromatic heterocycles. The molecule has 0 unspecified atom stereocenters. The van der Waals surface area contributed by atoms with Gasteiger partial charge in [-0.2, -0.15) is 0 Å². The Morgan fingerprint density at radius 3 is 2.50 bits per heavy atom. The minimum absolute atomic E-state index is 0.0342. The van der Waals surface area contributed by atoms with Crippen molar-refractivity contribution in [3.05, 3.63) is 71.9 Å². The van der Waals surface area contributed by atoms with Crippen molar-refractivity contribution in [2.24, 2.45) is 0 Å². The summed E-state index contributed by atoms with van der Waals surface area (Å²) >= 11 is 0. The molecule has 0 bridgehead atoms. The summed E-state index contributed by atoms with van der Waals surface area (Å²) < 4.78 is 2.33. The van der Waals surface area contributed by atoms with Gasteiger partial charge in [0, 0.05) is 27.9 Å². The summed E-state index contributed by atoms with van der Waals surface area (Å²) in [5, 5.41) is 2.62. The predicted octanol–water partition coefficient (Wildman–Crippen LogP) is 4.82. The van der Waals surface area contributed by atoms with Crippen molar-refractivity contribution in [3.63, 3.8) is 0 Å². The molecule has 0 amide bonds. The number of pyridine rings is 1. The van der Waals surface area contributed by atoms with E-state index in [1.807, 2.05) is 12.3 Å². The van der Waals surface area contributed by atoms with Crippen LogP contribution in [0.25, 0.3) is 27.6 Å². The second-order valence-electron chi connectivity index (χ2n) is 6.55. The van der Waals surface area contributed by atoms with Gasteiger partial charge in [0.15, 0.2) is 0 Å². The maximum atomic E-state index is 4.72. The molecule has 106 valence electrons. The molecule has 5 rings (SSSR count). The smallest absolute Gasteiger partial charge is 0.141 e. The Hall–Kier alpha value is -2.61. The van der Waals surface area contributed by atoms with E-state index < -0.39 is 0 Å². The molecule has 2 heteroatoms. The summed E-state index contributed by atoms with van der Waals surface area (Å²) in [5.74, 6) is 1.07. The van der Waals surface area contributed by atoms with Crippen LogP contribution < -0.4 is 0 Å². The third-order valence-electron chi connectivity index (χ3n) is 5.04. The maximum Gasteiger partial charge on any atom is 0.141 e. The molecule has 0 N–H and O–H groups in total. The van der Waals surface area contributed by atoms with Crippen LogP contribution in [0.3, 0.4) is 0 Å². The second kappa shape index (κ2) is 3.77. The van der Waals surface area contributed by atoms with Gasteiger partial charge in [0.2, 0.25) is 0 Å². The van der Waals surface area contributed by atoms with Crippen molar-refractivity contribution >= 4 is 21.8 Å². The molecule has 0 saturated heterocycles. The quantitative estimate of drug-likeness (QED) is 0.453. The zero-order valence-electron chi connectivity index (χ0n) is 12.7. The van der Waals surface area contributed by atoms with E-state index in [4.69, 9.17) is 4.98 Å². The van der Waals surface area contributed by atoms with Crippen LogP contribution in [-0.4, -0.2) is 9.55 Å². The average Bonchev–Trinajstić information content (AvgIpc) is 2.88. The zero-order chi connectivity index (χ0) is 14.9. The molecule has 2 nitrogen and oxygen atoms in total. The van der Waals surface area contributed by atoms with Gasteiger partial charge in [-0.25, -0.2) is 4.98 Å². The van der Waals surface area contributed by atoms with Crippen LogP contribution in [0.15, 0.2) is 60.8 Å². The Bertz CT molecular complexity index is 1050. The highest BCUT2D eigenvalue weighted by Gasteiger charge is 2.35. The fraction of sp³-hybridized carbons (Fsp3) is 0.150. The summed E-state index contributed by atoms with van der Waals surface area (Å²) in [7, 11) is 0. The van der Waals surface area contributed by atoms with E-state index in [2.05, 4.69) is 66.9 Å². The topological polar surface area (TPSA) is 17.8 Å². The Kier molecular flexibility index (Phi) is 2.06. The van der Waals surface area contributed by atoms with E-state index in [0.717, 1.165) is 5.82 Å². The number of para-hydroxylation sites is 2.